The van der Waals surface area contributed by atoms with Crippen molar-refractivity contribution >= 4 is 18.1 Å². The highest BCUT2D eigenvalue weighted by molar-refractivity contribution is 5.86. The lowest BCUT2D eigenvalue weighted by atomic mass is 10.2. The Hall–Kier alpha value is -3.86. The number of nitrogens with one attached hydrogen (secondary N) is 1. The fraction of sp³-hybridized carbons (Fsp3) is 0.158. The van der Waals surface area contributed by atoms with Gasteiger partial charge < -0.3 is 14.6 Å². The molecule has 0 aliphatic carbocycles. The van der Waals surface area contributed by atoms with Crippen LogP contribution in [0.5, 0.6) is 11.5 Å². The quantitative estimate of drug-likeness (QED) is 0.543. The summed E-state index contributed by atoms with van der Waals surface area (Å²) in [4.78, 5) is 22.7. The highest BCUT2D eigenvalue weighted by Gasteiger charge is 2.14. The average Bonchev–Trinajstić information content (AvgIpc) is 2.67. The molecule has 0 aliphatic rings. The van der Waals surface area contributed by atoms with Gasteiger partial charge in [-0.05, 0) is 43.3 Å². The van der Waals surface area contributed by atoms with Crippen molar-refractivity contribution in [1.82, 2.24) is 5.43 Å². The molecule has 2 rings (SSSR count). The topological polar surface area (TPSA) is 121 Å². The molecule has 0 bridgehead atoms. The average molecular weight is 367 g/mol. The molecule has 0 radical (unpaired) electrons. The number of aliphatic carboxylic acids is 1. The number of carbonyl (C=O) groups excluding carboxylic acids is 1. The smallest absolute Gasteiger partial charge is 0.341 e. The van der Waals surface area contributed by atoms with E-state index in [0.29, 0.717) is 22.6 Å². The first-order valence-electron chi connectivity index (χ1n) is 7.93. The van der Waals surface area contributed by atoms with Crippen LogP contribution in [0.25, 0.3) is 0 Å². The van der Waals surface area contributed by atoms with Crippen LogP contribution in [0.1, 0.15) is 18.1 Å². The highest BCUT2D eigenvalue weighted by Crippen LogP contribution is 2.16. The van der Waals surface area contributed by atoms with Gasteiger partial charge in [-0.1, -0.05) is 12.1 Å². The molecule has 1 amide bonds. The molecule has 0 aromatic heterocycles. The Kier molecular flexibility index (Phi) is 6.91. The van der Waals surface area contributed by atoms with Gasteiger partial charge in [0, 0.05) is 5.56 Å². The molecule has 1 unspecified atom stereocenters. The van der Waals surface area contributed by atoms with Crippen LogP contribution >= 0.6 is 0 Å². The largest absolute Gasteiger partial charge is 0.481 e. The molecule has 138 valence electrons. The minimum Gasteiger partial charge on any atom is -0.481 e. The monoisotopic (exact) mass is 367 g/mol. The lowest BCUT2D eigenvalue weighted by molar-refractivity contribution is -0.139. The van der Waals surface area contributed by atoms with E-state index in [1.54, 1.807) is 55.5 Å². The van der Waals surface area contributed by atoms with E-state index in [2.05, 4.69) is 10.5 Å². The Balaban J connectivity index is 1.92. The lowest BCUT2D eigenvalue weighted by Crippen LogP contribution is -2.33. The summed E-state index contributed by atoms with van der Waals surface area (Å²) in [6.45, 7) is 1.08. The van der Waals surface area contributed by atoms with Crippen molar-refractivity contribution < 1.29 is 24.2 Å². The molecule has 2 N–H and O–H groups in total. The van der Waals surface area contributed by atoms with E-state index in [4.69, 9.17) is 19.8 Å². The Morgan fingerprint density at radius 3 is 2.63 bits per heavy atom. The maximum atomic E-state index is 12.0. The SMILES string of the molecule is CC(Oc1ccc(C#N)cc1)C(=O)N/N=C/c1ccccc1OCC(=O)O. The second-order valence-corrected chi connectivity index (χ2v) is 5.35. The Morgan fingerprint density at radius 1 is 1.26 bits per heavy atom. The minimum atomic E-state index is -1.09. The zero-order valence-electron chi connectivity index (χ0n) is 14.5. The predicted octanol–water partition coefficient (Wildman–Crippen LogP) is 1.94. The first kappa shape index (κ1) is 19.5. The van der Waals surface area contributed by atoms with Gasteiger partial charge in [0.25, 0.3) is 5.91 Å². The molecule has 1 atom stereocenters. The molecule has 0 saturated heterocycles. The number of hydrazone groups is 1. The molecule has 8 heteroatoms. The van der Waals surface area contributed by atoms with Gasteiger partial charge >= 0.3 is 5.97 Å². The van der Waals surface area contributed by atoms with Crippen molar-refractivity contribution in [3.05, 3.63) is 59.7 Å². The number of ether oxygens (including phenoxy) is 2. The van der Waals surface area contributed by atoms with E-state index < -0.39 is 24.6 Å². The molecule has 0 saturated carbocycles. The second-order valence-electron chi connectivity index (χ2n) is 5.35. The lowest BCUT2D eigenvalue weighted by Gasteiger charge is -2.12. The number of nitriles is 1. The van der Waals surface area contributed by atoms with Crippen LogP contribution in [-0.4, -0.2) is 35.9 Å². The van der Waals surface area contributed by atoms with Crippen LogP contribution in [0.4, 0.5) is 0 Å². The summed E-state index contributed by atoms with van der Waals surface area (Å²) >= 11 is 0. The molecular formula is C19H17N3O5. The Bertz CT molecular complexity index is 872. The van der Waals surface area contributed by atoms with E-state index in [1.807, 2.05) is 6.07 Å². The van der Waals surface area contributed by atoms with Crippen LogP contribution in [0.2, 0.25) is 0 Å². The Labute approximate surface area is 155 Å². The van der Waals surface area contributed by atoms with E-state index >= 15 is 0 Å². The normalized spacial score (nSPS) is 11.4. The van der Waals surface area contributed by atoms with E-state index in [0.717, 1.165) is 0 Å². The number of carboxylic acid groups (broad SMARTS) is 1. The number of para-hydroxylation sites is 1. The standard InChI is InChI=1S/C19H17N3O5/c1-13(27-16-8-6-14(10-20)7-9-16)19(25)22-21-11-15-4-2-3-5-17(15)26-12-18(23)24/h2-9,11,13H,12H2,1H3,(H,22,25)(H,23,24)/b21-11+. The van der Waals surface area contributed by atoms with E-state index in [-0.39, 0.29) is 0 Å². The van der Waals surface area contributed by atoms with Gasteiger partial charge in [0.2, 0.25) is 0 Å². The van der Waals surface area contributed by atoms with Crippen molar-refractivity contribution in [2.45, 2.75) is 13.0 Å². The Morgan fingerprint density at radius 2 is 1.96 bits per heavy atom. The molecular weight excluding hydrogens is 350 g/mol. The number of amides is 1. The van der Waals surface area contributed by atoms with E-state index in [1.165, 1.54) is 6.21 Å². The highest BCUT2D eigenvalue weighted by atomic mass is 16.5. The van der Waals surface area contributed by atoms with E-state index in [9.17, 15) is 9.59 Å². The van der Waals surface area contributed by atoms with Gasteiger partial charge in [0.05, 0.1) is 17.8 Å². The van der Waals surface area contributed by atoms with Gasteiger partial charge in [-0.15, -0.1) is 0 Å². The van der Waals surface area contributed by atoms with Gasteiger partial charge in [0.1, 0.15) is 11.5 Å². The van der Waals surface area contributed by atoms with Gasteiger partial charge in [-0.3, -0.25) is 4.79 Å². The van der Waals surface area contributed by atoms with Crippen LogP contribution in [0.15, 0.2) is 53.6 Å². The fourth-order valence-electron chi connectivity index (χ4n) is 1.98. The fourth-order valence-corrected chi connectivity index (χ4v) is 1.98. The van der Waals surface area contributed by atoms with Crippen molar-refractivity contribution in [1.29, 1.82) is 5.26 Å². The van der Waals surface area contributed by atoms with Gasteiger partial charge in [-0.2, -0.15) is 10.4 Å². The predicted molar refractivity (Wildman–Crippen MR) is 96.6 cm³/mol. The van der Waals surface area contributed by atoms with Gasteiger partial charge in [0.15, 0.2) is 12.7 Å². The van der Waals surface area contributed by atoms with Crippen LogP contribution in [0, 0.1) is 11.3 Å². The van der Waals surface area contributed by atoms with Crippen molar-refractivity contribution in [2.24, 2.45) is 5.10 Å². The summed E-state index contributed by atoms with van der Waals surface area (Å²) in [5, 5.41) is 21.3. The number of carboxylic acids is 1. The summed E-state index contributed by atoms with van der Waals surface area (Å²) in [5.41, 5.74) is 3.35. The summed E-state index contributed by atoms with van der Waals surface area (Å²) in [6.07, 6.45) is 0.539. The third-order valence-electron chi connectivity index (χ3n) is 3.31. The third kappa shape index (κ3) is 6.17. The molecule has 0 heterocycles. The number of hydrogen-bond donors (Lipinski definition) is 2. The van der Waals surface area contributed by atoms with Crippen LogP contribution < -0.4 is 14.9 Å². The van der Waals surface area contributed by atoms with Gasteiger partial charge in [-0.25, -0.2) is 10.2 Å². The minimum absolute atomic E-state index is 0.333. The molecule has 27 heavy (non-hydrogen) atoms. The number of carbonyl (C=O) groups is 2. The van der Waals surface area contributed by atoms with Crippen molar-refractivity contribution in [3.8, 4) is 17.6 Å². The zero-order chi connectivity index (χ0) is 19.6. The zero-order valence-corrected chi connectivity index (χ0v) is 14.5. The number of benzene rings is 2. The molecule has 2 aromatic rings. The molecule has 8 nitrogen and oxygen atoms in total. The summed E-state index contributed by atoms with van der Waals surface area (Å²) in [6, 6.07) is 15.1. The number of nitrogens with zero attached hydrogens (tertiary/aromatic N) is 2. The summed E-state index contributed by atoms with van der Waals surface area (Å²) < 4.78 is 10.6. The number of rotatable bonds is 8. The first-order chi connectivity index (χ1) is 13.0. The third-order valence-corrected chi connectivity index (χ3v) is 3.31. The molecule has 0 spiro atoms. The van der Waals surface area contributed by atoms with Crippen molar-refractivity contribution in [2.75, 3.05) is 6.61 Å². The van der Waals surface area contributed by atoms with Crippen LogP contribution in [-0.2, 0) is 9.59 Å². The first-order valence-corrected chi connectivity index (χ1v) is 7.93. The molecule has 0 aliphatic heterocycles. The molecule has 2 aromatic carbocycles. The molecule has 0 fully saturated rings. The maximum Gasteiger partial charge on any atom is 0.341 e. The summed E-state index contributed by atoms with van der Waals surface area (Å²) in [7, 11) is 0. The number of hydrogen-bond acceptors (Lipinski definition) is 6. The van der Waals surface area contributed by atoms with Crippen molar-refractivity contribution in [3.63, 3.8) is 0 Å². The second kappa shape index (κ2) is 9.58. The summed E-state index contributed by atoms with van der Waals surface area (Å²) in [5.74, 6) is -0.781. The maximum absolute atomic E-state index is 12.0. The van der Waals surface area contributed by atoms with Crippen LogP contribution in [0.3, 0.4) is 0 Å².